The third-order valence-corrected chi connectivity index (χ3v) is 3.47. The Bertz CT molecular complexity index is 643. The minimum Gasteiger partial charge on any atom is -0.481 e. The summed E-state index contributed by atoms with van der Waals surface area (Å²) in [6.45, 7) is 3.40. The molecule has 1 N–H and O–H groups in total. The van der Waals surface area contributed by atoms with Gasteiger partial charge in [0.2, 0.25) is 0 Å². The zero-order valence-corrected chi connectivity index (χ0v) is 13.3. The number of amides is 1. The Labute approximate surface area is 131 Å². The van der Waals surface area contributed by atoms with Gasteiger partial charge in [-0.25, -0.2) is 4.39 Å². The Morgan fingerprint density at radius 3 is 2.52 bits per heavy atom. The number of aryl methyl sites for hydroxylation is 1. The SMILES string of the molecule is Cc1cc(F)ccc1NC(=O)[C@H](C)Oc1ccc(Br)cc1. The first kappa shape index (κ1) is 15.5. The number of halogens is 2. The molecule has 0 aliphatic rings. The maximum absolute atomic E-state index is 13.0. The highest BCUT2D eigenvalue weighted by Gasteiger charge is 2.15. The third kappa shape index (κ3) is 4.29. The van der Waals surface area contributed by atoms with E-state index in [2.05, 4.69) is 21.2 Å². The summed E-state index contributed by atoms with van der Waals surface area (Å²) >= 11 is 3.33. The maximum atomic E-state index is 13.0. The molecule has 2 aromatic rings. The number of benzene rings is 2. The number of rotatable bonds is 4. The number of hydrogen-bond acceptors (Lipinski definition) is 2. The van der Waals surface area contributed by atoms with E-state index in [1.165, 1.54) is 18.2 Å². The van der Waals surface area contributed by atoms with Crippen LogP contribution in [0.4, 0.5) is 10.1 Å². The zero-order valence-electron chi connectivity index (χ0n) is 11.7. The van der Waals surface area contributed by atoms with Crippen LogP contribution in [0.25, 0.3) is 0 Å². The van der Waals surface area contributed by atoms with Crippen LogP contribution in [0.3, 0.4) is 0 Å². The minimum atomic E-state index is -0.657. The average Bonchev–Trinajstić information content (AvgIpc) is 2.44. The standard InChI is InChI=1S/C16H15BrFNO2/c1-10-9-13(18)5-8-15(10)19-16(20)11(2)21-14-6-3-12(17)4-7-14/h3-9,11H,1-2H3,(H,19,20)/t11-/m0/s1. The quantitative estimate of drug-likeness (QED) is 0.891. The van der Waals surface area contributed by atoms with Gasteiger partial charge in [0, 0.05) is 10.2 Å². The second-order valence-electron chi connectivity index (χ2n) is 4.66. The summed E-state index contributed by atoms with van der Waals surface area (Å²) in [4.78, 5) is 12.1. The smallest absolute Gasteiger partial charge is 0.265 e. The van der Waals surface area contributed by atoms with Crippen LogP contribution in [0, 0.1) is 12.7 Å². The lowest BCUT2D eigenvalue weighted by Crippen LogP contribution is -2.30. The molecule has 0 spiro atoms. The van der Waals surface area contributed by atoms with E-state index >= 15 is 0 Å². The van der Waals surface area contributed by atoms with E-state index in [9.17, 15) is 9.18 Å². The van der Waals surface area contributed by atoms with E-state index in [0.717, 1.165) is 4.47 Å². The summed E-state index contributed by atoms with van der Waals surface area (Å²) in [5.74, 6) is -0.00559. The van der Waals surface area contributed by atoms with Crippen LogP contribution in [-0.2, 0) is 4.79 Å². The van der Waals surface area contributed by atoms with Gasteiger partial charge in [0.1, 0.15) is 11.6 Å². The second-order valence-corrected chi connectivity index (χ2v) is 5.58. The van der Waals surface area contributed by atoms with Crippen LogP contribution in [0.15, 0.2) is 46.9 Å². The molecule has 21 heavy (non-hydrogen) atoms. The van der Waals surface area contributed by atoms with Gasteiger partial charge in [-0.3, -0.25) is 4.79 Å². The van der Waals surface area contributed by atoms with Crippen LogP contribution in [0.2, 0.25) is 0 Å². The van der Waals surface area contributed by atoms with Gasteiger partial charge in [-0.15, -0.1) is 0 Å². The first-order valence-corrected chi connectivity index (χ1v) is 7.24. The zero-order chi connectivity index (χ0) is 15.4. The van der Waals surface area contributed by atoms with Crippen LogP contribution in [0.1, 0.15) is 12.5 Å². The lowest BCUT2D eigenvalue weighted by Gasteiger charge is -2.15. The molecular weight excluding hydrogens is 337 g/mol. The number of anilines is 1. The highest BCUT2D eigenvalue weighted by molar-refractivity contribution is 9.10. The van der Waals surface area contributed by atoms with E-state index in [4.69, 9.17) is 4.74 Å². The molecule has 3 nitrogen and oxygen atoms in total. The van der Waals surface area contributed by atoms with Crippen LogP contribution >= 0.6 is 15.9 Å². The predicted molar refractivity (Wildman–Crippen MR) is 84.0 cm³/mol. The number of carbonyl (C=O) groups excluding carboxylic acids is 1. The molecule has 0 heterocycles. The van der Waals surface area contributed by atoms with Gasteiger partial charge in [-0.05, 0) is 61.9 Å². The molecule has 1 atom stereocenters. The van der Waals surface area contributed by atoms with Crippen molar-refractivity contribution in [2.75, 3.05) is 5.32 Å². The fourth-order valence-electron chi connectivity index (χ4n) is 1.77. The van der Waals surface area contributed by atoms with Gasteiger partial charge in [0.25, 0.3) is 5.91 Å². The van der Waals surface area contributed by atoms with E-state index < -0.39 is 6.10 Å². The lowest BCUT2D eigenvalue weighted by molar-refractivity contribution is -0.122. The van der Waals surface area contributed by atoms with E-state index in [-0.39, 0.29) is 11.7 Å². The summed E-state index contributed by atoms with van der Waals surface area (Å²) in [6, 6.07) is 11.4. The van der Waals surface area contributed by atoms with Crippen molar-refractivity contribution in [1.29, 1.82) is 0 Å². The Kier molecular flexibility index (Phi) is 4.96. The number of nitrogens with one attached hydrogen (secondary N) is 1. The Balaban J connectivity index is 2.00. The molecule has 0 saturated heterocycles. The first-order valence-electron chi connectivity index (χ1n) is 6.45. The van der Waals surface area contributed by atoms with Crippen molar-refractivity contribution in [2.24, 2.45) is 0 Å². The third-order valence-electron chi connectivity index (χ3n) is 2.94. The topological polar surface area (TPSA) is 38.3 Å². The largest absolute Gasteiger partial charge is 0.481 e. The number of ether oxygens (including phenoxy) is 1. The van der Waals surface area contributed by atoms with Crippen molar-refractivity contribution in [3.05, 3.63) is 58.3 Å². The van der Waals surface area contributed by atoms with Crippen molar-refractivity contribution in [1.82, 2.24) is 0 Å². The molecule has 0 unspecified atom stereocenters. The summed E-state index contributed by atoms with van der Waals surface area (Å²) in [7, 11) is 0. The summed E-state index contributed by atoms with van der Waals surface area (Å²) in [5, 5.41) is 2.73. The molecule has 0 saturated carbocycles. The van der Waals surface area contributed by atoms with Crippen molar-refractivity contribution in [2.45, 2.75) is 20.0 Å². The van der Waals surface area contributed by atoms with E-state index in [1.807, 2.05) is 12.1 Å². The van der Waals surface area contributed by atoms with Crippen molar-refractivity contribution in [3.63, 3.8) is 0 Å². The fraction of sp³-hybridized carbons (Fsp3) is 0.188. The molecule has 0 radical (unpaired) electrons. The number of carbonyl (C=O) groups is 1. The Hall–Kier alpha value is -1.88. The Morgan fingerprint density at radius 1 is 1.24 bits per heavy atom. The molecule has 0 bridgehead atoms. The molecule has 2 rings (SSSR count). The second kappa shape index (κ2) is 6.72. The summed E-state index contributed by atoms with van der Waals surface area (Å²) in [6.07, 6.45) is -0.657. The molecule has 0 fully saturated rings. The first-order chi connectivity index (χ1) is 9.95. The predicted octanol–water partition coefficient (Wildman–Crippen LogP) is 4.30. The van der Waals surface area contributed by atoms with Gasteiger partial charge in [-0.2, -0.15) is 0 Å². The van der Waals surface area contributed by atoms with Crippen LogP contribution in [0.5, 0.6) is 5.75 Å². The normalized spacial score (nSPS) is 11.8. The van der Waals surface area contributed by atoms with Gasteiger partial charge >= 0.3 is 0 Å². The molecule has 0 aliphatic carbocycles. The average molecular weight is 352 g/mol. The lowest BCUT2D eigenvalue weighted by atomic mass is 10.2. The van der Waals surface area contributed by atoms with Gasteiger partial charge in [-0.1, -0.05) is 15.9 Å². The molecule has 110 valence electrons. The monoisotopic (exact) mass is 351 g/mol. The highest BCUT2D eigenvalue weighted by atomic mass is 79.9. The van der Waals surface area contributed by atoms with Crippen LogP contribution in [-0.4, -0.2) is 12.0 Å². The fourth-order valence-corrected chi connectivity index (χ4v) is 2.04. The van der Waals surface area contributed by atoms with Crippen LogP contribution < -0.4 is 10.1 Å². The summed E-state index contributed by atoms with van der Waals surface area (Å²) in [5.41, 5.74) is 1.24. The molecule has 0 aliphatic heterocycles. The minimum absolute atomic E-state index is 0.285. The highest BCUT2D eigenvalue weighted by Crippen LogP contribution is 2.19. The molecule has 2 aromatic carbocycles. The van der Waals surface area contributed by atoms with E-state index in [1.54, 1.807) is 26.0 Å². The van der Waals surface area contributed by atoms with Crippen molar-refractivity contribution in [3.8, 4) is 5.75 Å². The van der Waals surface area contributed by atoms with Crippen molar-refractivity contribution < 1.29 is 13.9 Å². The van der Waals surface area contributed by atoms with Gasteiger partial charge in [0.05, 0.1) is 0 Å². The summed E-state index contributed by atoms with van der Waals surface area (Å²) < 4.78 is 19.5. The molecular formula is C16H15BrFNO2. The molecule has 1 amide bonds. The molecule has 0 aromatic heterocycles. The maximum Gasteiger partial charge on any atom is 0.265 e. The molecule has 5 heteroatoms. The van der Waals surface area contributed by atoms with Crippen molar-refractivity contribution >= 4 is 27.5 Å². The van der Waals surface area contributed by atoms with Gasteiger partial charge < -0.3 is 10.1 Å². The van der Waals surface area contributed by atoms with E-state index in [0.29, 0.717) is 17.0 Å². The number of hydrogen-bond donors (Lipinski definition) is 1. The van der Waals surface area contributed by atoms with Gasteiger partial charge in [0.15, 0.2) is 6.10 Å². The Morgan fingerprint density at radius 2 is 1.90 bits per heavy atom.